The summed E-state index contributed by atoms with van der Waals surface area (Å²) in [6.45, 7) is 10.8. The van der Waals surface area contributed by atoms with E-state index in [-0.39, 0.29) is 11.5 Å². The van der Waals surface area contributed by atoms with E-state index in [0.717, 1.165) is 42.3 Å². The summed E-state index contributed by atoms with van der Waals surface area (Å²) in [5.74, 6) is 1.51. The Kier molecular flexibility index (Phi) is 4.64. The van der Waals surface area contributed by atoms with Gasteiger partial charge in [-0.15, -0.1) is 11.3 Å². The van der Waals surface area contributed by atoms with E-state index in [1.54, 1.807) is 11.3 Å². The minimum absolute atomic E-state index is 0.0181. The summed E-state index contributed by atoms with van der Waals surface area (Å²) in [5.41, 5.74) is 2.91. The first-order chi connectivity index (χ1) is 10.9. The molecule has 3 rings (SSSR count). The SMILES string of the molecule is CC(C)c1nc2c(c(=O)[nH]1)CN(Cc1csc(C(C)C)n1)CC2. The second-order valence-corrected chi connectivity index (χ2v) is 7.71. The topological polar surface area (TPSA) is 61.9 Å². The largest absolute Gasteiger partial charge is 0.310 e. The van der Waals surface area contributed by atoms with Gasteiger partial charge in [0.05, 0.1) is 22.0 Å². The highest BCUT2D eigenvalue weighted by Crippen LogP contribution is 2.22. The standard InChI is InChI=1S/C17H24N4OS/c1-10(2)15-19-14-5-6-21(8-13(14)16(22)20-15)7-12-9-23-17(18-12)11(3)4/h9-11H,5-8H2,1-4H3,(H,19,20,22). The average molecular weight is 332 g/mol. The molecule has 1 aliphatic heterocycles. The fourth-order valence-electron chi connectivity index (χ4n) is 2.80. The Morgan fingerprint density at radius 1 is 1.26 bits per heavy atom. The van der Waals surface area contributed by atoms with E-state index in [9.17, 15) is 4.79 Å². The van der Waals surface area contributed by atoms with Crippen molar-refractivity contribution in [2.45, 2.75) is 59.0 Å². The maximum Gasteiger partial charge on any atom is 0.255 e. The van der Waals surface area contributed by atoms with Crippen LogP contribution in [0.15, 0.2) is 10.2 Å². The third kappa shape index (κ3) is 3.53. The summed E-state index contributed by atoms with van der Waals surface area (Å²) in [6.07, 6.45) is 0.833. The van der Waals surface area contributed by atoms with Crippen LogP contribution in [0.5, 0.6) is 0 Å². The molecule has 0 radical (unpaired) electrons. The normalized spacial score (nSPS) is 15.4. The Labute approximate surface area is 140 Å². The van der Waals surface area contributed by atoms with Crippen LogP contribution in [0.25, 0.3) is 0 Å². The molecule has 6 heteroatoms. The Morgan fingerprint density at radius 2 is 2.04 bits per heavy atom. The van der Waals surface area contributed by atoms with Gasteiger partial charge in [-0.3, -0.25) is 9.69 Å². The number of hydrogen-bond acceptors (Lipinski definition) is 5. The monoisotopic (exact) mass is 332 g/mol. The minimum Gasteiger partial charge on any atom is -0.310 e. The van der Waals surface area contributed by atoms with Gasteiger partial charge in [0.1, 0.15) is 5.82 Å². The quantitative estimate of drug-likeness (QED) is 0.935. The summed E-state index contributed by atoms with van der Waals surface area (Å²) in [6, 6.07) is 0. The van der Waals surface area contributed by atoms with E-state index < -0.39 is 0 Å². The highest BCUT2D eigenvalue weighted by Gasteiger charge is 2.22. The number of H-pyrrole nitrogens is 1. The minimum atomic E-state index is 0.0181. The molecular weight excluding hydrogens is 308 g/mol. The Balaban J connectivity index is 1.76. The van der Waals surface area contributed by atoms with Crippen LogP contribution in [0.1, 0.15) is 67.3 Å². The van der Waals surface area contributed by atoms with E-state index >= 15 is 0 Å². The van der Waals surface area contributed by atoms with Crippen LogP contribution in [0.2, 0.25) is 0 Å². The van der Waals surface area contributed by atoms with E-state index in [0.29, 0.717) is 12.5 Å². The van der Waals surface area contributed by atoms with Crippen LogP contribution in [0, 0.1) is 0 Å². The van der Waals surface area contributed by atoms with Gasteiger partial charge in [0.15, 0.2) is 0 Å². The van der Waals surface area contributed by atoms with Crippen molar-refractivity contribution < 1.29 is 0 Å². The highest BCUT2D eigenvalue weighted by molar-refractivity contribution is 7.09. The molecule has 23 heavy (non-hydrogen) atoms. The second-order valence-electron chi connectivity index (χ2n) is 6.82. The molecule has 0 unspecified atom stereocenters. The second kappa shape index (κ2) is 6.53. The summed E-state index contributed by atoms with van der Waals surface area (Å²) in [5, 5.41) is 3.31. The lowest BCUT2D eigenvalue weighted by atomic mass is 10.1. The van der Waals surface area contributed by atoms with Crippen molar-refractivity contribution in [2.24, 2.45) is 0 Å². The van der Waals surface area contributed by atoms with Crippen LogP contribution in [-0.4, -0.2) is 26.4 Å². The van der Waals surface area contributed by atoms with Crippen molar-refractivity contribution in [2.75, 3.05) is 6.54 Å². The van der Waals surface area contributed by atoms with E-state index in [4.69, 9.17) is 4.98 Å². The van der Waals surface area contributed by atoms with Gasteiger partial charge in [-0.05, 0) is 0 Å². The molecule has 0 atom stereocenters. The molecule has 1 aliphatic rings. The molecule has 3 heterocycles. The third-order valence-corrected chi connectivity index (χ3v) is 5.36. The smallest absolute Gasteiger partial charge is 0.255 e. The van der Waals surface area contributed by atoms with E-state index in [2.05, 4.69) is 34.1 Å². The lowest BCUT2D eigenvalue weighted by molar-refractivity contribution is 0.239. The molecule has 0 aliphatic carbocycles. The molecule has 1 N–H and O–H groups in total. The molecule has 0 fully saturated rings. The molecular formula is C17H24N4OS. The Morgan fingerprint density at radius 3 is 2.70 bits per heavy atom. The molecule has 0 bridgehead atoms. The molecule has 2 aromatic heterocycles. The zero-order valence-corrected chi connectivity index (χ0v) is 15.0. The highest BCUT2D eigenvalue weighted by atomic mass is 32.1. The zero-order valence-electron chi connectivity index (χ0n) is 14.2. The van der Waals surface area contributed by atoms with E-state index in [1.165, 1.54) is 5.01 Å². The molecule has 0 spiro atoms. The van der Waals surface area contributed by atoms with Gasteiger partial charge < -0.3 is 4.98 Å². The fraction of sp³-hybridized carbons (Fsp3) is 0.588. The first-order valence-electron chi connectivity index (χ1n) is 8.22. The van der Waals surface area contributed by atoms with Crippen molar-refractivity contribution in [3.8, 4) is 0 Å². The number of hydrogen-bond donors (Lipinski definition) is 1. The number of thiazole rings is 1. The third-order valence-electron chi connectivity index (χ3n) is 4.16. The van der Waals surface area contributed by atoms with Crippen molar-refractivity contribution >= 4 is 11.3 Å². The van der Waals surface area contributed by atoms with Gasteiger partial charge in [-0.25, -0.2) is 9.97 Å². The molecule has 0 saturated carbocycles. The van der Waals surface area contributed by atoms with Crippen LogP contribution in [-0.2, 0) is 19.5 Å². The van der Waals surface area contributed by atoms with Crippen LogP contribution in [0.3, 0.4) is 0 Å². The zero-order chi connectivity index (χ0) is 16.6. The predicted octanol–water partition coefficient (Wildman–Crippen LogP) is 3.03. The molecule has 2 aromatic rings. The number of nitrogens with zero attached hydrogens (tertiary/aromatic N) is 3. The van der Waals surface area contributed by atoms with Crippen LogP contribution in [0.4, 0.5) is 0 Å². The molecule has 0 saturated heterocycles. The predicted molar refractivity (Wildman–Crippen MR) is 93.0 cm³/mol. The maximum absolute atomic E-state index is 12.3. The average Bonchev–Trinajstić information content (AvgIpc) is 2.96. The first-order valence-corrected chi connectivity index (χ1v) is 9.10. The number of aromatic nitrogens is 3. The Hall–Kier alpha value is -1.53. The summed E-state index contributed by atoms with van der Waals surface area (Å²) in [4.78, 5) is 26.9. The number of rotatable bonds is 4. The van der Waals surface area contributed by atoms with Gasteiger partial charge in [0.2, 0.25) is 0 Å². The van der Waals surface area contributed by atoms with Crippen LogP contribution < -0.4 is 5.56 Å². The van der Waals surface area contributed by atoms with Crippen molar-refractivity contribution in [1.82, 2.24) is 19.9 Å². The fourth-order valence-corrected chi connectivity index (χ4v) is 3.62. The summed E-state index contributed by atoms with van der Waals surface area (Å²) < 4.78 is 0. The lowest BCUT2D eigenvalue weighted by Gasteiger charge is -2.27. The van der Waals surface area contributed by atoms with Crippen molar-refractivity contribution in [1.29, 1.82) is 0 Å². The molecule has 124 valence electrons. The maximum atomic E-state index is 12.3. The first kappa shape index (κ1) is 16.3. The summed E-state index contributed by atoms with van der Waals surface area (Å²) >= 11 is 1.72. The van der Waals surface area contributed by atoms with Crippen molar-refractivity contribution in [3.05, 3.63) is 43.5 Å². The lowest BCUT2D eigenvalue weighted by Crippen LogP contribution is -2.36. The number of nitrogens with one attached hydrogen (secondary N) is 1. The van der Waals surface area contributed by atoms with Crippen molar-refractivity contribution in [3.63, 3.8) is 0 Å². The van der Waals surface area contributed by atoms with Gasteiger partial charge in [-0.1, -0.05) is 27.7 Å². The van der Waals surface area contributed by atoms with Gasteiger partial charge in [0.25, 0.3) is 5.56 Å². The number of fused-ring (bicyclic) bond motifs is 1. The number of aromatic amines is 1. The molecule has 0 aromatic carbocycles. The van der Waals surface area contributed by atoms with Gasteiger partial charge >= 0.3 is 0 Å². The summed E-state index contributed by atoms with van der Waals surface area (Å²) in [7, 11) is 0. The van der Waals surface area contributed by atoms with Gasteiger partial charge in [-0.2, -0.15) is 0 Å². The van der Waals surface area contributed by atoms with Gasteiger partial charge in [0, 0.05) is 43.3 Å². The molecule has 5 nitrogen and oxygen atoms in total. The Bertz CT molecular complexity index is 747. The van der Waals surface area contributed by atoms with E-state index in [1.807, 2.05) is 13.8 Å². The molecule has 0 amide bonds. The van der Waals surface area contributed by atoms with Crippen LogP contribution >= 0.6 is 11.3 Å².